The molecule has 5 aromatic rings. The van der Waals surface area contributed by atoms with Crippen LogP contribution in [0.25, 0.3) is 33.3 Å². The summed E-state index contributed by atoms with van der Waals surface area (Å²) >= 11 is 0. The summed E-state index contributed by atoms with van der Waals surface area (Å²) in [6.07, 6.45) is 3.64. The molecule has 0 spiro atoms. The van der Waals surface area contributed by atoms with Gasteiger partial charge in [-0.1, -0.05) is 55.7 Å². The van der Waals surface area contributed by atoms with E-state index < -0.39 is 0 Å². The van der Waals surface area contributed by atoms with Gasteiger partial charge in [-0.15, -0.1) is 59.2 Å². The van der Waals surface area contributed by atoms with Crippen molar-refractivity contribution in [1.29, 1.82) is 0 Å². The molecule has 183 valence electrons. The van der Waals surface area contributed by atoms with Crippen LogP contribution in [0.1, 0.15) is 41.7 Å². The quantitative estimate of drug-likeness (QED) is 0.172. The van der Waals surface area contributed by atoms with Crippen LogP contribution in [0.5, 0.6) is 0 Å². The largest absolute Gasteiger partial charge is 0.304 e. The van der Waals surface area contributed by atoms with Crippen molar-refractivity contribution in [3.05, 3.63) is 119 Å². The summed E-state index contributed by atoms with van der Waals surface area (Å²) in [6, 6.07) is 25.9. The van der Waals surface area contributed by atoms with Crippen LogP contribution < -0.4 is 0 Å². The molecular formula is C32H27FIrN2-2. The van der Waals surface area contributed by atoms with Gasteiger partial charge in [0.25, 0.3) is 0 Å². The molecule has 4 heteroatoms. The summed E-state index contributed by atoms with van der Waals surface area (Å²) < 4.78 is 14.4. The predicted octanol–water partition coefficient (Wildman–Crippen LogP) is 7.95. The Morgan fingerprint density at radius 1 is 0.833 bits per heavy atom. The van der Waals surface area contributed by atoms with E-state index in [9.17, 15) is 4.39 Å². The van der Waals surface area contributed by atoms with E-state index in [1.807, 2.05) is 30.5 Å². The fourth-order valence-electron chi connectivity index (χ4n) is 4.97. The minimum Gasteiger partial charge on any atom is -0.304 e. The van der Waals surface area contributed by atoms with Gasteiger partial charge in [-0.25, -0.2) is 4.39 Å². The molecule has 3 aromatic carbocycles. The molecule has 2 heterocycles. The molecule has 2 aromatic heterocycles. The van der Waals surface area contributed by atoms with E-state index in [0.717, 1.165) is 38.9 Å². The number of rotatable bonds is 1. The molecule has 0 fully saturated rings. The number of hydrogen-bond acceptors (Lipinski definition) is 2. The minimum atomic E-state index is -0.382. The number of aryl methyl sites for hydroxylation is 2. The molecule has 6 rings (SSSR count). The van der Waals surface area contributed by atoms with Crippen LogP contribution in [0.4, 0.5) is 4.39 Å². The average molecular weight is 651 g/mol. The molecule has 0 bridgehead atoms. The number of halogens is 1. The molecule has 2 nitrogen and oxygen atoms in total. The third-order valence-electron chi connectivity index (χ3n) is 6.96. The number of fused-ring (bicyclic) bond motifs is 2. The normalized spacial score (nSPS) is 12.7. The minimum absolute atomic E-state index is 0. The fraction of sp³-hybridized carbons (Fsp3) is 0.188. The summed E-state index contributed by atoms with van der Waals surface area (Å²) in [5.41, 5.74) is 8.94. The smallest absolute Gasteiger partial charge is 0.0459 e. The van der Waals surface area contributed by atoms with E-state index >= 15 is 0 Å². The summed E-state index contributed by atoms with van der Waals surface area (Å²) in [5.74, 6) is -0.183. The van der Waals surface area contributed by atoms with Crippen LogP contribution in [0.3, 0.4) is 0 Å². The van der Waals surface area contributed by atoms with Gasteiger partial charge in [-0.2, -0.15) is 0 Å². The average Bonchev–Trinajstić information content (AvgIpc) is 2.84. The van der Waals surface area contributed by atoms with Crippen LogP contribution in [0.2, 0.25) is 0 Å². The zero-order chi connectivity index (χ0) is 24.7. The van der Waals surface area contributed by atoms with E-state index in [1.165, 1.54) is 22.8 Å². The molecule has 1 radical (unpaired) electrons. The SMILES string of the molecule is CC1(C)c2c([c-]ccc2F)-c2nccc3cccc1c23.Cc1cc[c-]c(-c2nccc(C)c2C)c1.[Ir]. The molecule has 36 heavy (non-hydrogen) atoms. The van der Waals surface area contributed by atoms with Crippen LogP contribution in [0, 0.1) is 38.7 Å². The van der Waals surface area contributed by atoms with Gasteiger partial charge >= 0.3 is 0 Å². The second-order valence-electron chi connectivity index (χ2n) is 9.65. The van der Waals surface area contributed by atoms with Crippen molar-refractivity contribution in [2.45, 2.75) is 40.0 Å². The first-order valence-electron chi connectivity index (χ1n) is 11.8. The van der Waals surface area contributed by atoms with Gasteiger partial charge in [-0.05, 0) is 59.1 Å². The third-order valence-corrected chi connectivity index (χ3v) is 6.96. The van der Waals surface area contributed by atoms with Gasteiger partial charge in [0.2, 0.25) is 0 Å². The summed E-state index contributed by atoms with van der Waals surface area (Å²) in [6.45, 7) is 10.4. The van der Waals surface area contributed by atoms with Gasteiger partial charge < -0.3 is 9.97 Å². The van der Waals surface area contributed by atoms with Crippen molar-refractivity contribution in [2.75, 3.05) is 0 Å². The zero-order valence-corrected chi connectivity index (χ0v) is 23.4. The molecule has 0 amide bonds. The molecule has 0 saturated heterocycles. The van der Waals surface area contributed by atoms with E-state index in [4.69, 9.17) is 0 Å². The molecule has 1 aliphatic rings. The van der Waals surface area contributed by atoms with E-state index in [-0.39, 0.29) is 31.3 Å². The Kier molecular flexibility index (Phi) is 7.22. The summed E-state index contributed by atoms with van der Waals surface area (Å²) in [5, 5.41) is 2.26. The van der Waals surface area contributed by atoms with Crippen molar-refractivity contribution < 1.29 is 24.5 Å². The number of benzene rings is 3. The summed E-state index contributed by atoms with van der Waals surface area (Å²) in [7, 11) is 0. The molecular weight excluding hydrogens is 624 g/mol. The van der Waals surface area contributed by atoms with Crippen molar-refractivity contribution in [2.24, 2.45) is 0 Å². The Balaban J connectivity index is 0.000000172. The van der Waals surface area contributed by atoms with E-state index in [0.29, 0.717) is 5.56 Å². The third kappa shape index (κ3) is 4.40. The Hall–Kier alpha value is -3.20. The van der Waals surface area contributed by atoms with Gasteiger partial charge in [0.05, 0.1) is 0 Å². The zero-order valence-electron chi connectivity index (χ0n) is 21.0. The van der Waals surface area contributed by atoms with Crippen molar-refractivity contribution in [3.63, 3.8) is 0 Å². The second kappa shape index (κ2) is 10.0. The van der Waals surface area contributed by atoms with Crippen molar-refractivity contribution in [1.82, 2.24) is 9.97 Å². The standard InChI is InChI=1S/C18H13FN.C14H14N.Ir/c1-18(2)13-7-3-5-11-9-10-20-17(15(11)13)12-6-4-8-14(19)16(12)18;1-10-5-4-6-13(9-10)14-12(3)11(2)7-8-15-14;/h3-5,7-10H,1-2H3;4-5,7-9H,1-3H3;/q2*-1;. The Bertz CT molecular complexity index is 1570. The molecule has 0 N–H and O–H groups in total. The first kappa shape index (κ1) is 25.9. The van der Waals surface area contributed by atoms with Crippen LogP contribution >= 0.6 is 0 Å². The van der Waals surface area contributed by atoms with Crippen LogP contribution in [-0.4, -0.2) is 9.97 Å². The fourth-order valence-corrected chi connectivity index (χ4v) is 4.97. The maximum Gasteiger partial charge on any atom is 0.0459 e. The Morgan fingerprint density at radius 2 is 1.56 bits per heavy atom. The van der Waals surface area contributed by atoms with Gasteiger partial charge in [0.1, 0.15) is 0 Å². The first-order valence-corrected chi connectivity index (χ1v) is 11.8. The number of aromatic nitrogens is 2. The van der Waals surface area contributed by atoms with Crippen LogP contribution in [0.15, 0.2) is 73.1 Å². The molecule has 0 unspecified atom stereocenters. The molecule has 1 aliphatic carbocycles. The molecule has 0 atom stereocenters. The Labute approximate surface area is 226 Å². The topological polar surface area (TPSA) is 25.8 Å². The van der Waals surface area contributed by atoms with Crippen LogP contribution in [-0.2, 0) is 25.5 Å². The van der Waals surface area contributed by atoms with E-state index in [1.54, 1.807) is 12.3 Å². The maximum atomic E-state index is 14.4. The summed E-state index contributed by atoms with van der Waals surface area (Å²) in [4.78, 5) is 8.91. The predicted molar refractivity (Wildman–Crippen MR) is 141 cm³/mol. The number of pyridine rings is 2. The van der Waals surface area contributed by atoms with Crippen molar-refractivity contribution in [3.8, 4) is 22.5 Å². The van der Waals surface area contributed by atoms with Gasteiger partial charge in [0, 0.05) is 38.3 Å². The monoisotopic (exact) mass is 651 g/mol. The Morgan fingerprint density at radius 3 is 2.33 bits per heavy atom. The van der Waals surface area contributed by atoms with Crippen molar-refractivity contribution >= 4 is 10.8 Å². The molecule has 0 aliphatic heterocycles. The molecule has 0 saturated carbocycles. The maximum absolute atomic E-state index is 14.4. The first-order chi connectivity index (χ1) is 16.8. The number of hydrogen-bond donors (Lipinski definition) is 0. The number of nitrogens with zero attached hydrogens (tertiary/aromatic N) is 2. The van der Waals surface area contributed by atoms with Gasteiger partial charge in [0.15, 0.2) is 0 Å². The second-order valence-corrected chi connectivity index (χ2v) is 9.65. The van der Waals surface area contributed by atoms with E-state index in [2.05, 4.69) is 81.0 Å². The van der Waals surface area contributed by atoms with Gasteiger partial charge in [-0.3, -0.25) is 0 Å².